The van der Waals surface area contributed by atoms with Crippen LogP contribution in [-0.2, 0) is 4.79 Å². The van der Waals surface area contributed by atoms with Gasteiger partial charge in [-0.3, -0.25) is 9.69 Å². The van der Waals surface area contributed by atoms with Crippen molar-refractivity contribution >= 4 is 11.6 Å². The standard InChI is InChI=1S/C13H17FN2O2/c1-9-2-3-11(14)4-12(9)15-13(18)7-16-5-10(6-16)8-17/h2-4,10,17H,5-8H2,1H3,(H,15,18). The third-order valence-electron chi connectivity index (χ3n) is 3.13. The van der Waals surface area contributed by atoms with E-state index in [0.717, 1.165) is 18.7 Å². The normalized spacial score (nSPS) is 16.4. The zero-order valence-electron chi connectivity index (χ0n) is 10.3. The maximum atomic E-state index is 13.0. The van der Waals surface area contributed by atoms with Crippen LogP contribution in [0.25, 0.3) is 0 Å². The van der Waals surface area contributed by atoms with Gasteiger partial charge in [0, 0.05) is 31.3 Å². The number of rotatable bonds is 4. The van der Waals surface area contributed by atoms with Gasteiger partial charge in [-0.15, -0.1) is 0 Å². The second-order valence-electron chi connectivity index (χ2n) is 4.75. The highest BCUT2D eigenvalue weighted by molar-refractivity contribution is 5.93. The summed E-state index contributed by atoms with van der Waals surface area (Å²) in [6.07, 6.45) is 0. The van der Waals surface area contributed by atoms with Crippen molar-refractivity contribution in [2.24, 2.45) is 5.92 Å². The Bertz CT molecular complexity index is 445. The minimum Gasteiger partial charge on any atom is -0.396 e. The molecule has 1 amide bonds. The van der Waals surface area contributed by atoms with Crippen molar-refractivity contribution in [2.45, 2.75) is 6.92 Å². The van der Waals surface area contributed by atoms with Gasteiger partial charge in [-0.2, -0.15) is 0 Å². The maximum absolute atomic E-state index is 13.0. The molecule has 0 aliphatic carbocycles. The largest absolute Gasteiger partial charge is 0.396 e. The maximum Gasteiger partial charge on any atom is 0.238 e. The fraction of sp³-hybridized carbons (Fsp3) is 0.462. The second-order valence-corrected chi connectivity index (χ2v) is 4.75. The number of nitrogens with zero attached hydrogens (tertiary/aromatic N) is 1. The van der Waals surface area contributed by atoms with Gasteiger partial charge in [0.2, 0.25) is 5.91 Å². The lowest BCUT2D eigenvalue weighted by molar-refractivity contribution is -0.119. The molecule has 98 valence electrons. The van der Waals surface area contributed by atoms with E-state index in [2.05, 4.69) is 5.32 Å². The van der Waals surface area contributed by atoms with Gasteiger partial charge in [0.25, 0.3) is 0 Å². The number of hydrogen-bond donors (Lipinski definition) is 2. The van der Waals surface area contributed by atoms with Crippen LogP contribution in [0.5, 0.6) is 0 Å². The van der Waals surface area contributed by atoms with Crippen LogP contribution in [0.2, 0.25) is 0 Å². The Balaban J connectivity index is 1.86. The van der Waals surface area contributed by atoms with Crippen LogP contribution in [0, 0.1) is 18.7 Å². The third kappa shape index (κ3) is 3.05. The van der Waals surface area contributed by atoms with Gasteiger partial charge < -0.3 is 10.4 Å². The Labute approximate surface area is 105 Å². The highest BCUT2D eigenvalue weighted by Gasteiger charge is 2.27. The predicted octanol–water partition coefficient (Wildman–Crippen LogP) is 0.997. The number of amides is 1. The number of aryl methyl sites for hydroxylation is 1. The third-order valence-corrected chi connectivity index (χ3v) is 3.13. The Kier molecular flexibility index (Phi) is 3.93. The number of hydrogen-bond acceptors (Lipinski definition) is 3. The summed E-state index contributed by atoms with van der Waals surface area (Å²) in [5, 5.41) is 11.6. The molecule has 0 atom stereocenters. The van der Waals surface area contributed by atoms with Crippen molar-refractivity contribution in [2.75, 3.05) is 31.6 Å². The molecule has 0 bridgehead atoms. The average molecular weight is 252 g/mol. The highest BCUT2D eigenvalue weighted by atomic mass is 19.1. The zero-order chi connectivity index (χ0) is 13.1. The molecule has 0 spiro atoms. The summed E-state index contributed by atoms with van der Waals surface area (Å²) >= 11 is 0. The zero-order valence-corrected chi connectivity index (χ0v) is 10.3. The summed E-state index contributed by atoms with van der Waals surface area (Å²) in [6.45, 7) is 3.76. The van der Waals surface area contributed by atoms with Crippen molar-refractivity contribution in [1.29, 1.82) is 0 Å². The van der Waals surface area contributed by atoms with Crippen LogP contribution in [0.1, 0.15) is 5.56 Å². The lowest BCUT2D eigenvalue weighted by Gasteiger charge is -2.37. The van der Waals surface area contributed by atoms with Crippen LogP contribution >= 0.6 is 0 Å². The van der Waals surface area contributed by atoms with Crippen molar-refractivity contribution in [3.05, 3.63) is 29.6 Å². The molecule has 1 aliphatic heterocycles. The number of carbonyl (C=O) groups excluding carboxylic acids is 1. The summed E-state index contributed by atoms with van der Waals surface area (Å²) in [7, 11) is 0. The van der Waals surface area contributed by atoms with Gasteiger partial charge in [0.1, 0.15) is 5.82 Å². The first-order chi connectivity index (χ1) is 8.58. The molecule has 5 heteroatoms. The number of halogens is 1. The number of carbonyl (C=O) groups is 1. The van der Waals surface area contributed by atoms with Crippen LogP contribution in [0.4, 0.5) is 10.1 Å². The first-order valence-electron chi connectivity index (χ1n) is 5.97. The van der Waals surface area contributed by atoms with Crippen molar-refractivity contribution < 1.29 is 14.3 Å². The Hall–Kier alpha value is -1.46. The number of aliphatic hydroxyl groups is 1. The van der Waals surface area contributed by atoms with E-state index >= 15 is 0 Å². The molecule has 0 saturated carbocycles. The Morgan fingerprint density at radius 3 is 2.94 bits per heavy atom. The summed E-state index contributed by atoms with van der Waals surface area (Å²) in [5.74, 6) is -0.228. The van der Waals surface area contributed by atoms with Crippen LogP contribution in [-0.4, -0.2) is 42.2 Å². The molecule has 2 N–H and O–H groups in total. The van der Waals surface area contributed by atoms with Gasteiger partial charge in [0.15, 0.2) is 0 Å². The predicted molar refractivity (Wildman–Crippen MR) is 66.8 cm³/mol. The monoisotopic (exact) mass is 252 g/mol. The van der Waals surface area contributed by atoms with Crippen molar-refractivity contribution in [3.8, 4) is 0 Å². The van der Waals surface area contributed by atoms with Gasteiger partial charge in [0.05, 0.1) is 6.54 Å². The second kappa shape index (κ2) is 5.46. The number of aliphatic hydroxyl groups excluding tert-OH is 1. The van der Waals surface area contributed by atoms with E-state index in [0.29, 0.717) is 5.69 Å². The minimum absolute atomic E-state index is 0.153. The fourth-order valence-electron chi connectivity index (χ4n) is 2.04. The molecule has 1 aromatic carbocycles. The molecular formula is C13H17FN2O2. The molecule has 18 heavy (non-hydrogen) atoms. The number of anilines is 1. The van der Waals surface area contributed by atoms with Gasteiger partial charge in [-0.25, -0.2) is 4.39 Å². The molecule has 4 nitrogen and oxygen atoms in total. The van der Waals surface area contributed by atoms with E-state index in [-0.39, 0.29) is 30.8 Å². The van der Waals surface area contributed by atoms with Crippen LogP contribution in [0.15, 0.2) is 18.2 Å². The van der Waals surface area contributed by atoms with Crippen molar-refractivity contribution in [3.63, 3.8) is 0 Å². The van der Waals surface area contributed by atoms with Gasteiger partial charge >= 0.3 is 0 Å². The minimum atomic E-state index is -0.361. The van der Waals surface area contributed by atoms with Crippen LogP contribution < -0.4 is 5.32 Å². The quantitative estimate of drug-likeness (QED) is 0.840. The molecule has 1 heterocycles. The lowest BCUT2D eigenvalue weighted by atomic mass is 10.0. The lowest BCUT2D eigenvalue weighted by Crippen LogP contribution is -2.51. The first-order valence-corrected chi connectivity index (χ1v) is 5.97. The summed E-state index contributed by atoms with van der Waals surface area (Å²) in [6, 6.07) is 4.32. The molecule has 1 fully saturated rings. The topological polar surface area (TPSA) is 52.6 Å². The number of benzene rings is 1. The first kappa shape index (κ1) is 13.0. The number of nitrogens with one attached hydrogen (secondary N) is 1. The molecule has 0 radical (unpaired) electrons. The van der Waals surface area contributed by atoms with Crippen molar-refractivity contribution in [1.82, 2.24) is 4.90 Å². The SMILES string of the molecule is Cc1ccc(F)cc1NC(=O)CN1CC(CO)C1. The van der Waals surface area contributed by atoms with E-state index in [1.807, 2.05) is 11.8 Å². The smallest absolute Gasteiger partial charge is 0.238 e. The van der Waals surface area contributed by atoms with E-state index in [1.165, 1.54) is 12.1 Å². The Morgan fingerprint density at radius 2 is 2.28 bits per heavy atom. The molecule has 1 saturated heterocycles. The van der Waals surface area contributed by atoms with Crippen LogP contribution in [0.3, 0.4) is 0 Å². The molecular weight excluding hydrogens is 235 g/mol. The van der Waals surface area contributed by atoms with E-state index in [9.17, 15) is 9.18 Å². The van der Waals surface area contributed by atoms with Gasteiger partial charge in [-0.1, -0.05) is 6.07 Å². The summed E-state index contributed by atoms with van der Waals surface area (Å²) in [5.41, 5.74) is 1.35. The molecule has 0 unspecified atom stereocenters. The Morgan fingerprint density at radius 1 is 1.56 bits per heavy atom. The molecule has 0 aromatic heterocycles. The van der Waals surface area contributed by atoms with E-state index < -0.39 is 0 Å². The summed E-state index contributed by atoms with van der Waals surface area (Å²) in [4.78, 5) is 13.7. The van der Waals surface area contributed by atoms with Gasteiger partial charge in [-0.05, 0) is 24.6 Å². The fourth-order valence-corrected chi connectivity index (χ4v) is 2.04. The summed E-state index contributed by atoms with van der Waals surface area (Å²) < 4.78 is 13.0. The number of likely N-dealkylation sites (tertiary alicyclic amines) is 1. The average Bonchev–Trinajstić information content (AvgIpc) is 2.28. The molecule has 2 rings (SSSR count). The molecule has 1 aliphatic rings. The molecule has 1 aromatic rings. The van der Waals surface area contributed by atoms with E-state index in [4.69, 9.17) is 5.11 Å². The highest BCUT2D eigenvalue weighted by Crippen LogP contribution is 2.17. The van der Waals surface area contributed by atoms with E-state index in [1.54, 1.807) is 6.07 Å².